The fraction of sp³-hybridized carbons (Fsp3) is 0.857. The summed E-state index contributed by atoms with van der Waals surface area (Å²) in [6.07, 6.45) is 84.6. The molecule has 0 aliphatic heterocycles. The fourth-order valence-corrected chi connectivity index (χ4v) is 10.4. The summed E-state index contributed by atoms with van der Waals surface area (Å²) in [6, 6.07) is -0.630. The molecule has 446 valence electrons. The van der Waals surface area contributed by atoms with Crippen LogP contribution in [0, 0.1) is 0 Å². The molecule has 0 spiro atoms. The molecule has 0 aromatic heterocycles. The lowest BCUT2D eigenvalue weighted by molar-refractivity contribution is -0.143. The lowest BCUT2D eigenvalue weighted by Crippen LogP contribution is -2.45. The van der Waals surface area contributed by atoms with Crippen LogP contribution in [0.1, 0.15) is 361 Å². The first-order chi connectivity index (χ1) is 37.5. The molecule has 0 aromatic carbocycles. The normalized spacial score (nSPS) is 12.8. The Morgan fingerprint density at radius 2 is 0.658 bits per heavy atom. The van der Waals surface area contributed by atoms with Crippen molar-refractivity contribution in [3.63, 3.8) is 0 Å². The van der Waals surface area contributed by atoms with Crippen LogP contribution in [0.3, 0.4) is 0 Å². The smallest absolute Gasteiger partial charge is 0.305 e. The van der Waals surface area contributed by atoms with Gasteiger partial charge in [-0.1, -0.05) is 306 Å². The number of rotatable bonds is 63. The Hall–Kier alpha value is -2.18. The first-order valence-corrected chi connectivity index (χ1v) is 33.9. The van der Waals surface area contributed by atoms with E-state index in [4.69, 9.17) is 4.74 Å². The zero-order chi connectivity index (χ0) is 55.0. The van der Waals surface area contributed by atoms with Gasteiger partial charge in [-0.05, 0) is 89.9 Å². The SMILES string of the molecule is CCCCC/C=C\C/C=C\CCCCCCCCCC(=O)OCCCCCCCCCCCCCC/C=C\CCCCCCCCCCCCC(=O)NC(CO)C(O)/C=C/CCCCCCCCCCCCCCCC. The molecule has 6 nitrogen and oxygen atoms in total. The summed E-state index contributed by atoms with van der Waals surface area (Å²) in [6.45, 7) is 4.89. The number of allylic oxidation sites excluding steroid dienone is 7. The van der Waals surface area contributed by atoms with Gasteiger partial charge < -0.3 is 20.3 Å². The van der Waals surface area contributed by atoms with Gasteiger partial charge in [-0.2, -0.15) is 0 Å². The van der Waals surface area contributed by atoms with Gasteiger partial charge in [0, 0.05) is 12.8 Å². The third-order valence-corrected chi connectivity index (χ3v) is 15.6. The Morgan fingerprint density at radius 1 is 0.368 bits per heavy atom. The summed E-state index contributed by atoms with van der Waals surface area (Å²) in [5.74, 6) is -0.0622. The molecular formula is C70H131NO5. The van der Waals surface area contributed by atoms with E-state index in [1.807, 2.05) is 6.08 Å². The molecule has 0 saturated carbocycles. The number of hydrogen-bond donors (Lipinski definition) is 3. The summed E-state index contributed by atoms with van der Waals surface area (Å²) >= 11 is 0. The Kier molecular flexibility index (Phi) is 63.5. The third kappa shape index (κ3) is 61.0. The van der Waals surface area contributed by atoms with E-state index in [9.17, 15) is 19.8 Å². The highest BCUT2D eigenvalue weighted by molar-refractivity contribution is 5.76. The number of nitrogens with one attached hydrogen (secondary N) is 1. The second-order valence-electron chi connectivity index (χ2n) is 23.1. The summed E-state index contributed by atoms with van der Waals surface area (Å²) in [4.78, 5) is 24.6. The van der Waals surface area contributed by atoms with Gasteiger partial charge in [0.15, 0.2) is 0 Å². The number of esters is 1. The van der Waals surface area contributed by atoms with Crippen LogP contribution < -0.4 is 5.32 Å². The van der Waals surface area contributed by atoms with Crippen LogP contribution in [-0.2, 0) is 14.3 Å². The van der Waals surface area contributed by atoms with Gasteiger partial charge in [0.2, 0.25) is 5.91 Å². The van der Waals surface area contributed by atoms with E-state index in [0.717, 1.165) is 51.4 Å². The molecule has 0 heterocycles. The number of aliphatic hydroxyl groups excluding tert-OH is 2. The van der Waals surface area contributed by atoms with Crippen molar-refractivity contribution in [3.05, 3.63) is 48.6 Å². The van der Waals surface area contributed by atoms with Crippen LogP contribution in [-0.4, -0.2) is 47.4 Å². The van der Waals surface area contributed by atoms with Gasteiger partial charge in [0.05, 0.1) is 25.4 Å². The van der Waals surface area contributed by atoms with Crippen LogP contribution in [0.2, 0.25) is 0 Å². The van der Waals surface area contributed by atoms with Crippen LogP contribution in [0.4, 0.5) is 0 Å². The molecular weight excluding hydrogens is 935 g/mol. The maximum absolute atomic E-state index is 12.5. The maximum Gasteiger partial charge on any atom is 0.305 e. The highest BCUT2D eigenvalue weighted by Crippen LogP contribution is 2.17. The van der Waals surface area contributed by atoms with Gasteiger partial charge in [0.25, 0.3) is 0 Å². The molecule has 0 aliphatic carbocycles. The highest BCUT2D eigenvalue weighted by atomic mass is 16.5. The molecule has 0 bridgehead atoms. The minimum atomic E-state index is -0.846. The van der Waals surface area contributed by atoms with Crippen molar-refractivity contribution in [1.82, 2.24) is 5.32 Å². The molecule has 2 unspecified atom stereocenters. The summed E-state index contributed by atoms with van der Waals surface area (Å²) < 4.78 is 5.49. The van der Waals surface area contributed by atoms with E-state index in [0.29, 0.717) is 19.4 Å². The van der Waals surface area contributed by atoms with Crippen molar-refractivity contribution in [2.45, 2.75) is 373 Å². The predicted octanol–water partition coefficient (Wildman–Crippen LogP) is 21.7. The Morgan fingerprint density at radius 3 is 1.04 bits per heavy atom. The number of amides is 1. The number of ether oxygens (including phenoxy) is 1. The van der Waals surface area contributed by atoms with E-state index in [-0.39, 0.29) is 18.5 Å². The van der Waals surface area contributed by atoms with Crippen molar-refractivity contribution in [2.75, 3.05) is 13.2 Å². The molecule has 6 heteroatoms. The van der Waals surface area contributed by atoms with Gasteiger partial charge in [0.1, 0.15) is 0 Å². The quantitative estimate of drug-likeness (QED) is 0.0320. The first-order valence-electron chi connectivity index (χ1n) is 33.9. The number of unbranched alkanes of at least 4 members (excludes halogenated alkanes) is 46. The molecule has 0 saturated heterocycles. The number of hydrogen-bond acceptors (Lipinski definition) is 5. The fourth-order valence-electron chi connectivity index (χ4n) is 10.4. The van der Waals surface area contributed by atoms with Crippen molar-refractivity contribution >= 4 is 11.9 Å². The van der Waals surface area contributed by atoms with Crippen molar-refractivity contribution in [3.8, 4) is 0 Å². The zero-order valence-electron chi connectivity index (χ0n) is 51.0. The van der Waals surface area contributed by atoms with E-state index in [2.05, 4.69) is 55.6 Å². The van der Waals surface area contributed by atoms with Crippen LogP contribution in [0.5, 0.6) is 0 Å². The molecule has 1 amide bonds. The topological polar surface area (TPSA) is 95.9 Å². The second kappa shape index (κ2) is 65.3. The standard InChI is InChI=1S/C70H131NO5/c1-3-5-7-9-11-13-15-17-19-31-36-40-44-48-52-56-60-64-70(75)76-65-61-57-53-49-45-41-37-33-30-28-26-24-22-21-23-25-27-29-32-35-39-43-47-51-55-59-63-69(74)71-67(66-72)68(73)62-58-54-50-46-42-38-34-20-18-16-14-12-10-8-6-4-2/h11,13,17,19,21,23,58,62,67-68,72-73H,3-10,12,14-16,18,20,22,24-57,59-61,63-66H2,1-2H3,(H,71,74)/b13-11-,19-17-,23-21-,62-58+. The Labute approximate surface area is 474 Å². The second-order valence-corrected chi connectivity index (χ2v) is 23.1. The number of carbonyl (C=O) groups excluding carboxylic acids is 2. The number of aliphatic hydroxyl groups is 2. The van der Waals surface area contributed by atoms with Crippen LogP contribution in [0.15, 0.2) is 48.6 Å². The largest absolute Gasteiger partial charge is 0.466 e. The van der Waals surface area contributed by atoms with Gasteiger partial charge >= 0.3 is 5.97 Å². The molecule has 2 atom stereocenters. The predicted molar refractivity (Wildman–Crippen MR) is 333 cm³/mol. The molecule has 0 aromatic rings. The van der Waals surface area contributed by atoms with Gasteiger partial charge in [-0.3, -0.25) is 9.59 Å². The minimum Gasteiger partial charge on any atom is -0.466 e. The third-order valence-electron chi connectivity index (χ3n) is 15.6. The minimum absolute atomic E-state index is 0.00614. The number of carbonyl (C=O) groups is 2. The monoisotopic (exact) mass is 1070 g/mol. The summed E-state index contributed by atoms with van der Waals surface area (Å²) in [7, 11) is 0. The average Bonchev–Trinajstić information content (AvgIpc) is 3.42. The van der Waals surface area contributed by atoms with Crippen molar-refractivity contribution in [1.29, 1.82) is 0 Å². The average molecular weight is 1070 g/mol. The van der Waals surface area contributed by atoms with E-state index in [1.165, 1.54) is 283 Å². The van der Waals surface area contributed by atoms with Crippen molar-refractivity contribution < 1.29 is 24.5 Å². The Bertz CT molecular complexity index is 1270. The van der Waals surface area contributed by atoms with Crippen LogP contribution in [0.25, 0.3) is 0 Å². The molecule has 76 heavy (non-hydrogen) atoms. The molecule has 0 aliphatic rings. The maximum atomic E-state index is 12.5. The van der Waals surface area contributed by atoms with E-state index in [1.54, 1.807) is 6.08 Å². The lowest BCUT2D eigenvalue weighted by atomic mass is 10.0. The molecule has 0 fully saturated rings. The summed E-state index contributed by atoms with van der Waals surface area (Å²) in [5.41, 5.74) is 0. The van der Waals surface area contributed by atoms with Crippen LogP contribution >= 0.6 is 0 Å². The molecule has 0 rings (SSSR count). The van der Waals surface area contributed by atoms with Crippen molar-refractivity contribution in [2.24, 2.45) is 0 Å². The molecule has 0 radical (unpaired) electrons. The van der Waals surface area contributed by atoms with Gasteiger partial charge in [-0.25, -0.2) is 0 Å². The summed E-state index contributed by atoms with van der Waals surface area (Å²) in [5, 5.41) is 23.2. The van der Waals surface area contributed by atoms with E-state index < -0.39 is 12.1 Å². The van der Waals surface area contributed by atoms with Gasteiger partial charge in [-0.15, -0.1) is 0 Å². The first kappa shape index (κ1) is 73.8. The lowest BCUT2D eigenvalue weighted by Gasteiger charge is -2.20. The zero-order valence-corrected chi connectivity index (χ0v) is 51.0. The highest BCUT2D eigenvalue weighted by Gasteiger charge is 2.18. The molecule has 3 N–H and O–H groups in total. The Balaban J connectivity index is 3.41. The van der Waals surface area contributed by atoms with E-state index >= 15 is 0 Å².